The van der Waals surface area contributed by atoms with Gasteiger partial charge in [0.15, 0.2) is 5.76 Å². The van der Waals surface area contributed by atoms with E-state index in [1.165, 1.54) is 0 Å². The number of carbonyl (C=O) groups is 1. The van der Waals surface area contributed by atoms with E-state index in [1.807, 2.05) is 13.0 Å². The quantitative estimate of drug-likeness (QED) is 0.358. The lowest BCUT2D eigenvalue weighted by Crippen LogP contribution is -1.99. The predicted octanol–water partition coefficient (Wildman–Crippen LogP) is 7.80. The number of ketones is 1. The van der Waals surface area contributed by atoms with E-state index >= 15 is 0 Å². The summed E-state index contributed by atoms with van der Waals surface area (Å²) in [6.45, 7) is 2.10. The number of hydrogen-bond acceptors (Lipinski definition) is 3. The Morgan fingerprint density at radius 3 is 2.47 bits per heavy atom. The molecular weight excluding hydrogens is 466 g/mol. The van der Waals surface area contributed by atoms with Gasteiger partial charge in [-0.15, -0.1) is 0 Å². The summed E-state index contributed by atoms with van der Waals surface area (Å²) in [4.78, 5) is 12.7. The van der Waals surface area contributed by atoms with Crippen LogP contribution in [0.2, 0.25) is 20.1 Å². The smallest absolute Gasteiger partial charge is 0.231 e. The second-order valence-corrected chi connectivity index (χ2v) is 8.36. The Morgan fingerprint density at radius 1 is 0.933 bits per heavy atom. The van der Waals surface area contributed by atoms with Gasteiger partial charge in [-0.2, -0.15) is 0 Å². The maximum Gasteiger partial charge on any atom is 0.231 e. The van der Waals surface area contributed by atoms with Crippen LogP contribution in [-0.4, -0.2) is 5.78 Å². The van der Waals surface area contributed by atoms with Crippen LogP contribution in [0, 0.1) is 6.92 Å². The van der Waals surface area contributed by atoms with Crippen LogP contribution in [-0.2, 0) is 6.61 Å². The van der Waals surface area contributed by atoms with Crippen molar-refractivity contribution in [2.75, 3.05) is 0 Å². The largest absolute Gasteiger partial charge is 0.488 e. The summed E-state index contributed by atoms with van der Waals surface area (Å²) >= 11 is 24.1. The molecule has 0 amide bonds. The van der Waals surface area contributed by atoms with E-state index < -0.39 is 0 Å². The highest BCUT2D eigenvalue weighted by atomic mass is 35.5. The Hall–Kier alpha value is -2.17. The molecule has 3 aromatic rings. The van der Waals surface area contributed by atoms with Gasteiger partial charge < -0.3 is 9.47 Å². The molecule has 1 heterocycles. The highest BCUT2D eigenvalue weighted by Crippen LogP contribution is 2.40. The van der Waals surface area contributed by atoms with Gasteiger partial charge in [0.05, 0.1) is 15.6 Å². The van der Waals surface area contributed by atoms with Crippen LogP contribution in [0.1, 0.15) is 27.0 Å². The molecule has 7 heteroatoms. The molecule has 3 aromatic carbocycles. The predicted molar refractivity (Wildman–Crippen MR) is 121 cm³/mol. The van der Waals surface area contributed by atoms with Crippen LogP contribution < -0.4 is 9.47 Å². The van der Waals surface area contributed by atoms with E-state index in [1.54, 1.807) is 48.5 Å². The maximum atomic E-state index is 12.7. The highest BCUT2D eigenvalue weighted by Gasteiger charge is 2.30. The summed E-state index contributed by atoms with van der Waals surface area (Å²) in [5, 5.41) is 1.94. The molecule has 0 saturated heterocycles. The number of benzene rings is 3. The van der Waals surface area contributed by atoms with Gasteiger partial charge in [0, 0.05) is 21.2 Å². The fourth-order valence-corrected chi connectivity index (χ4v) is 3.84. The van der Waals surface area contributed by atoms with Gasteiger partial charge in [0.25, 0.3) is 0 Å². The third kappa shape index (κ3) is 4.17. The number of rotatable bonds is 4. The molecule has 0 N–H and O–H groups in total. The van der Waals surface area contributed by atoms with Crippen molar-refractivity contribution >= 4 is 58.3 Å². The number of halogens is 4. The molecule has 4 rings (SSSR count). The number of hydrogen-bond donors (Lipinski definition) is 0. The van der Waals surface area contributed by atoms with Gasteiger partial charge in [-0.05, 0) is 55.0 Å². The molecule has 0 aromatic heterocycles. The monoisotopic (exact) mass is 478 g/mol. The van der Waals surface area contributed by atoms with Crippen LogP contribution in [0.25, 0.3) is 6.08 Å². The minimum Gasteiger partial charge on any atom is -0.488 e. The van der Waals surface area contributed by atoms with Gasteiger partial charge in [-0.3, -0.25) is 4.79 Å². The first-order valence-corrected chi connectivity index (χ1v) is 10.4. The Labute approximate surface area is 193 Å². The van der Waals surface area contributed by atoms with Crippen LogP contribution in [0.4, 0.5) is 0 Å². The van der Waals surface area contributed by atoms with Crippen molar-refractivity contribution in [1.82, 2.24) is 0 Å². The SMILES string of the molecule is Cc1c(OCc2ccc(Cl)cc2Cl)ccc2c1O/C(=C\c1ccc(Cl)c(Cl)c1)C2=O. The standard InChI is InChI=1S/C23H14Cl4O3/c1-12-20(29-11-14-3-4-15(24)10-18(14)26)7-5-16-22(28)21(30-23(12)16)9-13-2-6-17(25)19(27)8-13/h2-10H,11H2,1H3/b21-9-. The van der Waals surface area contributed by atoms with E-state index in [2.05, 4.69) is 0 Å². The third-order valence-corrected chi connectivity index (χ3v) is 6.00. The average molecular weight is 480 g/mol. The van der Waals surface area contributed by atoms with Crippen LogP contribution in [0.5, 0.6) is 11.5 Å². The summed E-state index contributed by atoms with van der Waals surface area (Å²) < 4.78 is 11.8. The van der Waals surface area contributed by atoms with E-state index in [-0.39, 0.29) is 18.1 Å². The van der Waals surface area contributed by atoms with Gasteiger partial charge >= 0.3 is 0 Å². The second-order valence-electron chi connectivity index (χ2n) is 6.70. The summed E-state index contributed by atoms with van der Waals surface area (Å²) in [6.07, 6.45) is 1.64. The first-order valence-electron chi connectivity index (χ1n) is 8.93. The van der Waals surface area contributed by atoms with Crippen molar-refractivity contribution in [2.45, 2.75) is 13.5 Å². The molecule has 1 aliphatic heterocycles. The summed E-state index contributed by atoms with van der Waals surface area (Å²) in [6, 6.07) is 13.8. The zero-order chi connectivity index (χ0) is 21.4. The number of Topliss-reactive ketones (excluding diaryl/α,β-unsaturated/α-hetero) is 1. The zero-order valence-electron chi connectivity index (χ0n) is 15.6. The van der Waals surface area contributed by atoms with Gasteiger partial charge in [-0.1, -0.05) is 58.5 Å². The van der Waals surface area contributed by atoms with Gasteiger partial charge in [-0.25, -0.2) is 0 Å². The molecule has 0 atom stereocenters. The van der Waals surface area contributed by atoms with Crippen molar-refractivity contribution in [3.05, 3.63) is 96.6 Å². The Balaban J connectivity index is 1.58. The summed E-state index contributed by atoms with van der Waals surface area (Å²) in [5.74, 6) is 1.09. The first-order chi connectivity index (χ1) is 14.3. The summed E-state index contributed by atoms with van der Waals surface area (Å²) in [7, 11) is 0. The lowest BCUT2D eigenvalue weighted by molar-refractivity contribution is 0.101. The molecule has 3 nitrogen and oxygen atoms in total. The topological polar surface area (TPSA) is 35.5 Å². The Morgan fingerprint density at radius 2 is 1.73 bits per heavy atom. The van der Waals surface area contributed by atoms with Gasteiger partial charge in [0.2, 0.25) is 5.78 Å². The van der Waals surface area contributed by atoms with E-state index in [0.29, 0.717) is 42.7 Å². The van der Waals surface area contributed by atoms with Crippen molar-refractivity contribution in [2.24, 2.45) is 0 Å². The lowest BCUT2D eigenvalue weighted by Gasteiger charge is -2.12. The minimum atomic E-state index is -0.202. The average Bonchev–Trinajstić information content (AvgIpc) is 3.02. The molecule has 0 fully saturated rings. The fourth-order valence-electron chi connectivity index (χ4n) is 3.07. The number of fused-ring (bicyclic) bond motifs is 1. The zero-order valence-corrected chi connectivity index (χ0v) is 18.7. The first kappa shape index (κ1) is 21.1. The van der Waals surface area contributed by atoms with E-state index in [4.69, 9.17) is 55.9 Å². The normalized spacial score (nSPS) is 14.0. The molecule has 0 unspecified atom stereocenters. The molecule has 0 saturated carbocycles. The summed E-state index contributed by atoms with van der Waals surface area (Å²) in [5.41, 5.74) is 2.73. The van der Waals surface area contributed by atoms with Gasteiger partial charge in [0.1, 0.15) is 18.1 Å². The second kappa shape index (κ2) is 8.52. The molecule has 30 heavy (non-hydrogen) atoms. The van der Waals surface area contributed by atoms with Crippen molar-refractivity contribution in [3.63, 3.8) is 0 Å². The lowest BCUT2D eigenvalue weighted by atomic mass is 10.1. The molecule has 0 radical (unpaired) electrons. The van der Waals surface area contributed by atoms with Crippen molar-refractivity contribution in [1.29, 1.82) is 0 Å². The molecule has 0 spiro atoms. The van der Waals surface area contributed by atoms with Crippen molar-refractivity contribution < 1.29 is 14.3 Å². The molecule has 0 aliphatic carbocycles. The minimum absolute atomic E-state index is 0.202. The Bertz CT molecular complexity index is 1200. The maximum absolute atomic E-state index is 12.7. The number of allylic oxidation sites excluding steroid dienone is 1. The molecule has 1 aliphatic rings. The van der Waals surface area contributed by atoms with Crippen LogP contribution in [0.3, 0.4) is 0 Å². The highest BCUT2D eigenvalue weighted by molar-refractivity contribution is 6.42. The Kier molecular flexibility index (Phi) is 5.99. The van der Waals surface area contributed by atoms with E-state index in [9.17, 15) is 4.79 Å². The number of carbonyl (C=O) groups excluding carboxylic acids is 1. The molecular formula is C23H14Cl4O3. The molecule has 152 valence electrons. The number of ether oxygens (including phenoxy) is 2. The van der Waals surface area contributed by atoms with Crippen LogP contribution >= 0.6 is 46.4 Å². The fraction of sp³-hybridized carbons (Fsp3) is 0.0870. The van der Waals surface area contributed by atoms with E-state index in [0.717, 1.165) is 11.1 Å². The van der Waals surface area contributed by atoms with Crippen LogP contribution in [0.15, 0.2) is 54.3 Å². The molecule has 0 bridgehead atoms. The van der Waals surface area contributed by atoms with Crippen molar-refractivity contribution in [3.8, 4) is 11.5 Å². The third-order valence-electron chi connectivity index (χ3n) is 4.68.